The molecule has 0 unspecified atom stereocenters. The fraction of sp³-hybridized carbons (Fsp3) is 0.409. The Morgan fingerprint density at radius 1 is 1.16 bits per heavy atom. The number of hydrogen-bond acceptors (Lipinski definition) is 5. The number of carbonyl (C=O) groups excluding carboxylic acids is 1. The van der Waals surface area contributed by atoms with Crippen LogP contribution in [0, 0.1) is 0 Å². The fourth-order valence-corrected chi connectivity index (χ4v) is 4.88. The first-order chi connectivity index (χ1) is 14.9. The van der Waals surface area contributed by atoms with Crippen molar-refractivity contribution in [1.29, 1.82) is 0 Å². The molecule has 2 aromatic rings. The number of halogens is 1. The third kappa shape index (κ3) is 6.20. The fourth-order valence-electron chi connectivity index (χ4n) is 3.24. The van der Waals surface area contributed by atoms with E-state index in [1.165, 1.54) is 28.1 Å². The number of ether oxygens (including phenoxy) is 2. The molecule has 0 bridgehead atoms. The second-order valence-electron chi connectivity index (χ2n) is 7.16. The van der Waals surface area contributed by atoms with Crippen LogP contribution < -0.4 is 10.1 Å². The van der Waals surface area contributed by atoms with Gasteiger partial charge in [0.25, 0.3) is 5.91 Å². The number of benzene rings is 2. The largest absolute Gasteiger partial charge is 0.492 e. The Hall–Kier alpha value is -2.13. The van der Waals surface area contributed by atoms with Crippen LogP contribution >= 0.6 is 11.6 Å². The van der Waals surface area contributed by atoms with Crippen LogP contribution in [0.2, 0.25) is 5.02 Å². The number of aryl methyl sites for hydroxylation is 1. The summed E-state index contributed by atoms with van der Waals surface area (Å²) < 4.78 is 37.9. The van der Waals surface area contributed by atoms with Gasteiger partial charge >= 0.3 is 0 Å². The lowest BCUT2D eigenvalue weighted by molar-refractivity contribution is 0.0730. The van der Waals surface area contributed by atoms with Crippen molar-refractivity contribution in [2.45, 2.75) is 24.7 Å². The predicted octanol–water partition coefficient (Wildman–Crippen LogP) is 3.12. The second kappa shape index (κ2) is 10.9. The van der Waals surface area contributed by atoms with Crippen LogP contribution in [0.1, 0.15) is 29.3 Å². The van der Waals surface area contributed by atoms with Gasteiger partial charge in [-0.15, -0.1) is 0 Å². The lowest BCUT2D eigenvalue weighted by Gasteiger charge is -2.26. The van der Waals surface area contributed by atoms with Gasteiger partial charge in [-0.1, -0.05) is 37.1 Å². The van der Waals surface area contributed by atoms with Crippen LogP contribution in [0.3, 0.4) is 0 Å². The van der Waals surface area contributed by atoms with Crippen molar-refractivity contribution in [3.8, 4) is 5.75 Å². The van der Waals surface area contributed by atoms with Crippen LogP contribution in [0.5, 0.6) is 5.75 Å². The number of sulfonamides is 1. The zero-order valence-corrected chi connectivity index (χ0v) is 19.0. The van der Waals surface area contributed by atoms with E-state index in [4.69, 9.17) is 21.1 Å². The molecular formula is C22H27ClN2O5S. The summed E-state index contributed by atoms with van der Waals surface area (Å²) in [6, 6.07) is 12.0. The lowest BCUT2D eigenvalue weighted by Crippen LogP contribution is -2.40. The Kier molecular flexibility index (Phi) is 8.31. The first-order valence-corrected chi connectivity index (χ1v) is 12.1. The molecule has 1 aliphatic heterocycles. The molecule has 0 radical (unpaired) electrons. The van der Waals surface area contributed by atoms with Crippen molar-refractivity contribution in [1.82, 2.24) is 9.62 Å². The van der Waals surface area contributed by atoms with Crippen LogP contribution in [0.4, 0.5) is 0 Å². The van der Waals surface area contributed by atoms with Gasteiger partial charge in [0.2, 0.25) is 10.0 Å². The maximum atomic E-state index is 12.8. The predicted molar refractivity (Wildman–Crippen MR) is 119 cm³/mol. The zero-order chi connectivity index (χ0) is 22.3. The van der Waals surface area contributed by atoms with Crippen molar-refractivity contribution >= 4 is 27.5 Å². The monoisotopic (exact) mass is 466 g/mol. The molecular weight excluding hydrogens is 440 g/mol. The molecule has 3 rings (SSSR count). The summed E-state index contributed by atoms with van der Waals surface area (Å²) in [5.74, 6) is 0.275. The molecule has 0 aromatic heterocycles. The van der Waals surface area contributed by atoms with Crippen LogP contribution in [-0.2, 0) is 21.2 Å². The van der Waals surface area contributed by atoms with E-state index in [0.717, 1.165) is 18.6 Å². The zero-order valence-electron chi connectivity index (χ0n) is 17.5. The summed E-state index contributed by atoms with van der Waals surface area (Å²) in [5.41, 5.74) is 1.37. The molecule has 1 fully saturated rings. The van der Waals surface area contributed by atoms with Crippen LogP contribution in [-0.4, -0.2) is 58.1 Å². The molecule has 7 nitrogen and oxygen atoms in total. The van der Waals surface area contributed by atoms with Crippen molar-refractivity contribution in [2.24, 2.45) is 0 Å². The van der Waals surface area contributed by atoms with E-state index < -0.39 is 15.9 Å². The van der Waals surface area contributed by atoms with E-state index in [-0.39, 0.29) is 41.7 Å². The summed E-state index contributed by atoms with van der Waals surface area (Å²) in [6.45, 7) is 3.93. The maximum absolute atomic E-state index is 12.8. The first kappa shape index (κ1) is 23.5. The SMILES string of the molecule is CCCc1ccc(OCCNC(=O)c2cc(S(=O)(=O)N3CCOCC3)ccc2Cl)cc1. The molecule has 0 saturated carbocycles. The minimum atomic E-state index is -3.71. The van der Waals surface area contributed by atoms with Gasteiger partial charge in [-0.05, 0) is 42.3 Å². The van der Waals surface area contributed by atoms with Gasteiger partial charge in [0.1, 0.15) is 12.4 Å². The average molecular weight is 467 g/mol. The molecule has 0 aliphatic carbocycles. The number of nitrogens with one attached hydrogen (secondary N) is 1. The summed E-state index contributed by atoms with van der Waals surface area (Å²) in [7, 11) is -3.71. The minimum absolute atomic E-state index is 0.0346. The minimum Gasteiger partial charge on any atom is -0.492 e. The Morgan fingerprint density at radius 2 is 1.87 bits per heavy atom. The number of nitrogens with zero attached hydrogens (tertiary/aromatic N) is 1. The van der Waals surface area contributed by atoms with E-state index in [0.29, 0.717) is 13.2 Å². The molecule has 31 heavy (non-hydrogen) atoms. The highest BCUT2D eigenvalue weighted by Gasteiger charge is 2.27. The molecule has 9 heteroatoms. The normalized spacial score (nSPS) is 14.9. The van der Waals surface area contributed by atoms with E-state index >= 15 is 0 Å². The summed E-state index contributed by atoms with van der Waals surface area (Å²) in [4.78, 5) is 12.6. The second-order valence-corrected chi connectivity index (χ2v) is 9.50. The number of rotatable bonds is 9. The molecule has 1 amide bonds. The first-order valence-electron chi connectivity index (χ1n) is 10.3. The molecule has 1 heterocycles. The molecule has 168 valence electrons. The number of morpholine rings is 1. The van der Waals surface area contributed by atoms with E-state index in [1.54, 1.807) is 0 Å². The van der Waals surface area contributed by atoms with Gasteiger partial charge in [-0.25, -0.2) is 8.42 Å². The van der Waals surface area contributed by atoms with E-state index in [2.05, 4.69) is 12.2 Å². The van der Waals surface area contributed by atoms with Crippen LogP contribution in [0.15, 0.2) is 47.4 Å². The average Bonchev–Trinajstić information content (AvgIpc) is 2.78. The van der Waals surface area contributed by atoms with Crippen LogP contribution in [0.25, 0.3) is 0 Å². The molecule has 1 aliphatic rings. The summed E-state index contributed by atoms with van der Waals surface area (Å²) in [6.07, 6.45) is 2.11. The third-order valence-corrected chi connectivity index (χ3v) is 7.13. The summed E-state index contributed by atoms with van der Waals surface area (Å²) in [5, 5.41) is 2.91. The Morgan fingerprint density at radius 3 is 2.55 bits per heavy atom. The summed E-state index contributed by atoms with van der Waals surface area (Å²) >= 11 is 6.16. The van der Waals surface area contributed by atoms with Gasteiger partial charge in [0.15, 0.2) is 0 Å². The Bertz CT molecular complexity index is 989. The van der Waals surface area contributed by atoms with Gasteiger partial charge in [0.05, 0.1) is 35.2 Å². The maximum Gasteiger partial charge on any atom is 0.252 e. The number of hydrogen-bond donors (Lipinski definition) is 1. The molecule has 0 spiro atoms. The molecule has 2 aromatic carbocycles. The van der Waals surface area contributed by atoms with Gasteiger partial charge in [-0.3, -0.25) is 4.79 Å². The molecule has 0 atom stereocenters. The standard InChI is InChI=1S/C22H27ClN2O5S/c1-2-3-17-4-6-18(7-5-17)30-13-10-24-22(26)20-16-19(8-9-21(20)23)31(27,28)25-11-14-29-15-12-25/h4-9,16H,2-3,10-15H2,1H3,(H,24,26). The number of carbonyl (C=O) groups is 1. The highest BCUT2D eigenvalue weighted by molar-refractivity contribution is 7.89. The molecule has 1 saturated heterocycles. The van der Waals surface area contributed by atoms with E-state index in [9.17, 15) is 13.2 Å². The van der Waals surface area contributed by atoms with Crippen molar-refractivity contribution in [3.63, 3.8) is 0 Å². The topological polar surface area (TPSA) is 84.9 Å². The van der Waals surface area contributed by atoms with Crippen molar-refractivity contribution in [2.75, 3.05) is 39.5 Å². The van der Waals surface area contributed by atoms with Gasteiger partial charge in [0, 0.05) is 13.1 Å². The smallest absolute Gasteiger partial charge is 0.252 e. The lowest BCUT2D eigenvalue weighted by atomic mass is 10.1. The Labute approximate surface area is 188 Å². The highest BCUT2D eigenvalue weighted by Crippen LogP contribution is 2.23. The van der Waals surface area contributed by atoms with Crippen molar-refractivity contribution < 1.29 is 22.7 Å². The van der Waals surface area contributed by atoms with Gasteiger partial charge in [-0.2, -0.15) is 4.31 Å². The molecule has 1 N–H and O–H groups in total. The van der Waals surface area contributed by atoms with Gasteiger partial charge < -0.3 is 14.8 Å². The van der Waals surface area contributed by atoms with E-state index in [1.807, 2.05) is 24.3 Å². The van der Waals surface area contributed by atoms with Crippen molar-refractivity contribution in [3.05, 3.63) is 58.6 Å². The quantitative estimate of drug-likeness (QED) is 0.574. The third-order valence-electron chi connectivity index (χ3n) is 4.91. The Balaban J connectivity index is 1.58. The number of amides is 1. The highest BCUT2D eigenvalue weighted by atomic mass is 35.5.